The number of carbonyl (C=O) groups is 1. The molecule has 1 aliphatic rings. The van der Waals surface area contributed by atoms with E-state index < -0.39 is 21.7 Å². The highest BCUT2D eigenvalue weighted by molar-refractivity contribution is 7.91. The molecule has 0 atom stereocenters. The minimum Gasteiger partial charge on any atom is -0.465 e. The zero-order valence-corrected chi connectivity index (χ0v) is 11.6. The summed E-state index contributed by atoms with van der Waals surface area (Å²) in [5, 5.41) is 8.83. The van der Waals surface area contributed by atoms with Crippen molar-refractivity contribution < 1.29 is 22.7 Å². The van der Waals surface area contributed by atoms with E-state index in [1.54, 1.807) is 0 Å². The smallest absolute Gasteiger partial charge is 0.407 e. The Bertz CT molecular complexity index is 594. The van der Waals surface area contributed by atoms with Gasteiger partial charge in [0.25, 0.3) is 0 Å². The number of rotatable bonds is 3. The molecule has 1 aromatic rings. The molecular weight excluding hydrogens is 285 g/mol. The van der Waals surface area contributed by atoms with Crippen LogP contribution in [0.15, 0.2) is 29.2 Å². The third-order valence-electron chi connectivity index (χ3n) is 3.50. The van der Waals surface area contributed by atoms with Gasteiger partial charge in [-0.1, -0.05) is 6.07 Å². The second-order valence-electron chi connectivity index (χ2n) is 4.95. The average molecular weight is 301 g/mol. The van der Waals surface area contributed by atoms with Gasteiger partial charge in [0.05, 0.1) is 10.6 Å². The van der Waals surface area contributed by atoms with E-state index in [-0.39, 0.29) is 16.6 Å². The van der Waals surface area contributed by atoms with Crippen LogP contribution in [-0.2, 0) is 9.84 Å². The molecule has 0 radical (unpaired) electrons. The normalized spacial score (nSPS) is 17.1. The van der Waals surface area contributed by atoms with Crippen LogP contribution in [0.1, 0.15) is 12.8 Å². The topological polar surface area (TPSA) is 74.7 Å². The van der Waals surface area contributed by atoms with Gasteiger partial charge < -0.3 is 10.0 Å². The summed E-state index contributed by atoms with van der Waals surface area (Å²) in [4.78, 5) is 12.0. The van der Waals surface area contributed by atoms with Crippen LogP contribution in [0.25, 0.3) is 0 Å². The Morgan fingerprint density at radius 1 is 1.35 bits per heavy atom. The number of sulfone groups is 1. The number of carboxylic acid groups (broad SMARTS) is 1. The molecule has 1 aromatic carbocycles. The highest BCUT2D eigenvalue weighted by Crippen LogP contribution is 2.23. The highest BCUT2D eigenvalue weighted by Gasteiger charge is 2.27. The Labute approximate surface area is 116 Å². The molecule has 0 bridgehead atoms. The van der Waals surface area contributed by atoms with Gasteiger partial charge in [-0.3, -0.25) is 0 Å². The van der Waals surface area contributed by atoms with E-state index in [2.05, 4.69) is 0 Å². The lowest BCUT2D eigenvalue weighted by atomic mass is 9.99. The van der Waals surface area contributed by atoms with Crippen molar-refractivity contribution in [3.05, 3.63) is 30.1 Å². The second kappa shape index (κ2) is 5.78. The van der Waals surface area contributed by atoms with Crippen molar-refractivity contribution in [1.82, 2.24) is 4.90 Å². The molecular formula is C13H16FNO4S. The number of nitrogens with zero attached hydrogens (tertiary/aromatic N) is 1. The van der Waals surface area contributed by atoms with Gasteiger partial charge in [-0.25, -0.2) is 17.6 Å². The average Bonchev–Trinajstić information content (AvgIpc) is 2.39. The molecule has 1 N–H and O–H groups in total. The van der Waals surface area contributed by atoms with Crippen LogP contribution in [0.4, 0.5) is 9.18 Å². The van der Waals surface area contributed by atoms with E-state index in [1.165, 1.54) is 23.1 Å². The van der Waals surface area contributed by atoms with E-state index in [0.29, 0.717) is 25.9 Å². The highest BCUT2D eigenvalue weighted by atomic mass is 32.2. The fourth-order valence-electron chi connectivity index (χ4n) is 2.36. The van der Waals surface area contributed by atoms with Gasteiger partial charge in [0.2, 0.25) is 0 Å². The fraction of sp³-hybridized carbons (Fsp3) is 0.462. The first kappa shape index (κ1) is 14.8. The Morgan fingerprint density at radius 2 is 2.00 bits per heavy atom. The zero-order valence-electron chi connectivity index (χ0n) is 10.8. The van der Waals surface area contributed by atoms with Gasteiger partial charge in [0.15, 0.2) is 9.84 Å². The quantitative estimate of drug-likeness (QED) is 0.926. The van der Waals surface area contributed by atoms with Crippen molar-refractivity contribution in [1.29, 1.82) is 0 Å². The maximum Gasteiger partial charge on any atom is 0.407 e. The molecule has 5 nitrogen and oxygen atoms in total. The van der Waals surface area contributed by atoms with Crippen LogP contribution in [0.2, 0.25) is 0 Å². The lowest BCUT2D eigenvalue weighted by molar-refractivity contribution is 0.127. The lowest BCUT2D eigenvalue weighted by Gasteiger charge is -2.29. The van der Waals surface area contributed by atoms with Crippen LogP contribution in [0.3, 0.4) is 0 Å². The van der Waals surface area contributed by atoms with Gasteiger partial charge in [0.1, 0.15) is 5.82 Å². The summed E-state index contributed by atoms with van der Waals surface area (Å²) in [5.41, 5.74) is 0. The van der Waals surface area contributed by atoms with E-state index in [9.17, 15) is 17.6 Å². The number of piperidine rings is 1. The summed E-state index contributed by atoms with van der Waals surface area (Å²) < 4.78 is 37.4. The molecule has 0 spiro atoms. The van der Waals surface area contributed by atoms with Gasteiger partial charge in [-0.2, -0.15) is 0 Å². The maximum absolute atomic E-state index is 13.1. The van der Waals surface area contributed by atoms with Crippen molar-refractivity contribution >= 4 is 15.9 Å². The van der Waals surface area contributed by atoms with Crippen molar-refractivity contribution in [2.75, 3.05) is 18.8 Å². The number of hydrogen-bond acceptors (Lipinski definition) is 3. The fourth-order valence-corrected chi connectivity index (χ4v) is 4.08. The molecule has 1 fully saturated rings. The van der Waals surface area contributed by atoms with Crippen molar-refractivity contribution in [2.45, 2.75) is 17.7 Å². The second-order valence-corrected chi connectivity index (χ2v) is 6.99. The summed E-state index contributed by atoms with van der Waals surface area (Å²) in [6.45, 7) is 0.692. The zero-order chi connectivity index (χ0) is 14.8. The Morgan fingerprint density at radius 3 is 2.55 bits per heavy atom. The summed E-state index contributed by atoms with van der Waals surface area (Å²) in [6.07, 6.45) is 0.0539. The number of amides is 1. The Hall–Kier alpha value is -1.63. The largest absolute Gasteiger partial charge is 0.465 e. The molecule has 1 saturated heterocycles. The summed E-state index contributed by atoms with van der Waals surface area (Å²) >= 11 is 0. The van der Waals surface area contributed by atoms with Crippen LogP contribution < -0.4 is 0 Å². The number of likely N-dealkylation sites (tertiary alicyclic amines) is 1. The first-order valence-corrected chi connectivity index (χ1v) is 8.00. The van der Waals surface area contributed by atoms with Gasteiger partial charge in [-0.15, -0.1) is 0 Å². The van der Waals surface area contributed by atoms with Crippen LogP contribution in [0.5, 0.6) is 0 Å². The molecule has 110 valence electrons. The van der Waals surface area contributed by atoms with Gasteiger partial charge >= 0.3 is 6.09 Å². The number of hydrogen-bond donors (Lipinski definition) is 1. The minimum atomic E-state index is -3.53. The predicted molar refractivity (Wildman–Crippen MR) is 70.8 cm³/mol. The lowest BCUT2D eigenvalue weighted by Crippen LogP contribution is -2.39. The monoisotopic (exact) mass is 301 g/mol. The summed E-state index contributed by atoms with van der Waals surface area (Å²) in [6, 6.07) is 4.96. The van der Waals surface area contributed by atoms with Crippen LogP contribution >= 0.6 is 0 Å². The molecule has 0 aromatic heterocycles. The molecule has 1 aliphatic heterocycles. The van der Waals surface area contributed by atoms with E-state index in [4.69, 9.17) is 5.11 Å². The van der Waals surface area contributed by atoms with Crippen molar-refractivity contribution in [3.63, 3.8) is 0 Å². The third-order valence-corrected chi connectivity index (χ3v) is 5.38. The molecule has 20 heavy (non-hydrogen) atoms. The molecule has 0 saturated carbocycles. The van der Waals surface area contributed by atoms with E-state index in [1.807, 2.05) is 0 Å². The van der Waals surface area contributed by atoms with Crippen LogP contribution in [0, 0.1) is 11.7 Å². The molecule has 0 aliphatic carbocycles. The SMILES string of the molecule is O=C(O)N1CCC(CS(=O)(=O)c2cccc(F)c2)CC1. The van der Waals surface area contributed by atoms with Gasteiger partial charge in [0, 0.05) is 13.1 Å². The van der Waals surface area contributed by atoms with E-state index in [0.717, 1.165) is 6.07 Å². The molecule has 1 heterocycles. The Kier molecular flexibility index (Phi) is 4.27. The minimum absolute atomic E-state index is 0.0156. The third kappa shape index (κ3) is 3.47. The van der Waals surface area contributed by atoms with E-state index >= 15 is 0 Å². The molecule has 7 heteroatoms. The molecule has 0 unspecified atom stereocenters. The van der Waals surface area contributed by atoms with Crippen LogP contribution in [-0.4, -0.2) is 43.4 Å². The van der Waals surface area contributed by atoms with Crippen molar-refractivity contribution in [2.24, 2.45) is 5.92 Å². The molecule has 1 amide bonds. The Balaban J connectivity index is 2.02. The van der Waals surface area contributed by atoms with Gasteiger partial charge in [-0.05, 0) is 37.0 Å². The first-order chi connectivity index (χ1) is 9.38. The number of benzene rings is 1. The predicted octanol–water partition coefficient (Wildman–Crippen LogP) is 1.99. The number of halogens is 1. The molecule has 2 rings (SSSR count). The summed E-state index contributed by atoms with van der Waals surface area (Å²) in [7, 11) is -3.53. The maximum atomic E-state index is 13.1. The standard InChI is InChI=1S/C13H16FNO4S/c14-11-2-1-3-12(8-11)20(18,19)9-10-4-6-15(7-5-10)13(16)17/h1-3,8,10H,4-7,9H2,(H,16,17). The summed E-state index contributed by atoms with van der Waals surface area (Å²) in [5.74, 6) is -0.727. The first-order valence-electron chi connectivity index (χ1n) is 6.35. The van der Waals surface area contributed by atoms with Crippen molar-refractivity contribution in [3.8, 4) is 0 Å².